The molecule has 2 aromatic rings. The first-order valence-corrected chi connectivity index (χ1v) is 6.35. The number of fused-ring (bicyclic) bond motifs is 2. The fourth-order valence-electron chi connectivity index (χ4n) is 1.64. The molecule has 3 rings (SSSR count). The van der Waals surface area contributed by atoms with E-state index in [1.54, 1.807) is 11.8 Å². The zero-order valence-corrected chi connectivity index (χ0v) is 10.5. The van der Waals surface area contributed by atoms with Crippen molar-refractivity contribution < 1.29 is 0 Å². The third-order valence-electron chi connectivity index (χ3n) is 2.42. The predicted molar refractivity (Wildman–Crippen MR) is 70.3 cm³/mol. The molecule has 0 fully saturated rings. The van der Waals surface area contributed by atoms with Crippen molar-refractivity contribution in [1.29, 1.82) is 0 Å². The van der Waals surface area contributed by atoms with Crippen molar-refractivity contribution in [2.45, 2.75) is 9.79 Å². The van der Waals surface area contributed by atoms with E-state index in [-0.39, 0.29) is 0 Å². The Bertz CT molecular complexity index is 569. The van der Waals surface area contributed by atoms with Crippen LogP contribution in [0.5, 0.6) is 0 Å². The Balaban J connectivity index is 2.16. The molecule has 1 nitrogen and oxygen atoms in total. The van der Waals surface area contributed by atoms with E-state index in [1.165, 1.54) is 4.90 Å². The van der Waals surface area contributed by atoms with E-state index in [0.29, 0.717) is 10.0 Å². The van der Waals surface area contributed by atoms with Crippen molar-refractivity contribution in [3.63, 3.8) is 0 Å². The Labute approximate surface area is 108 Å². The van der Waals surface area contributed by atoms with Crippen LogP contribution >= 0.6 is 35.0 Å². The number of rotatable bonds is 0. The largest absolute Gasteiger partial charge is 0.354 e. The van der Waals surface area contributed by atoms with Crippen LogP contribution in [0, 0.1) is 0 Å². The summed E-state index contributed by atoms with van der Waals surface area (Å²) >= 11 is 13.8. The lowest BCUT2D eigenvalue weighted by molar-refractivity contribution is 1.31. The van der Waals surface area contributed by atoms with Crippen LogP contribution in [0.1, 0.15) is 0 Å². The van der Waals surface area contributed by atoms with E-state index in [0.717, 1.165) is 16.3 Å². The van der Waals surface area contributed by atoms with Crippen molar-refractivity contribution in [2.75, 3.05) is 5.32 Å². The average molecular weight is 268 g/mol. The minimum absolute atomic E-state index is 0.592. The second kappa shape index (κ2) is 3.88. The van der Waals surface area contributed by atoms with Gasteiger partial charge in [-0.05, 0) is 24.3 Å². The lowest BCUT2D eigenvalue weighted by Gasteiger charge is -2.21. The molecule has 0 atom stereocenters. The van der Waals surface area contributed by atoms with Crippen LogP contribution in [0.25, 0.3) is 0 Å². The molecule has 4 heteroatoms. The van der Waals surface area contributed by atoms with Gasteiger partial charge in [0.25, 0.3) is 0 Å². The molecule has 2 aromatic carbocycles. The Hall–Kier alpha value is -0.830. The van der Waals surface area contributed by atoms with E-state index in [9.17, 15) is 0 Å². The second-order valence-electron chi connectivity index (χ2n) is 3.46. The highest BCUT2D eigenvalue weighted by molar-refractivity contribution is 7.99. The Morgan fingerprint density at radius 2 is 1.75 bits per heavy atom. The highest BCUT2D eigenvalue weighted by Crippen LogP contribution is 2.48. The standard InChI is InChI=1S/C12H7Cl2NS/c13-7-5-6-9-12(11(7)14)16-10-4-2-1-3-8(10)15-9/h1-6,15H. The summed E-state index contributed by atoms with van der Waals surface area (Å²) in [6.07, 6.45) is 0. The van der Waals surface area contributed by atoms with Crippen LogP contribution in [0.4, 0.5) is 11.4 Å². The zero-order chi connectivity index (χ0) is 11.1. The molecule has 0 radical (unpaired) electrons. The van der Waals surface area contributed by atoms with E-state index in [2.05, 4.69) is 11.4 Å². The molecule has 0 amide bonds. The van der Waals surface area contributed by atoms with Gasteiger partial charge in [0.1, 0.15) is 0 Å². The summed E-state index contributed by atoms with van der Waals surface area (Å²) in [6.45, 7) is 0. The molecule has 1 aliphatic heterocycles. The number of halogens is 2. The number of benzene rings is 2. The fraction of sp³-hybridized carbons (Fsp3) is 0. The van der Waals surface area contributed by atoms with E-state index >= 15 is 0 Å². The molecule has 0 aliphatic carbocycles. The van der Waals surface area contributed by atoms with Gasteiger partial charge in [-0.25, -0.2) is 0 Å². The third kappa shape index (κ3) is 1.58. The predicted octanol–water partition coefficient (Wildman–Crippen LogP) is 5.20. The summed E-state index contributed by atoms with van der Waals surface area (Å²) in [5, 5.41) is 4.55. The van der Waals surface area contributed by atoms with Crippen molar-refractivity contribution in [2.24, 2.45) is 0 Å². The maximum absolute atomic E-state index is 6.18. The maximum Gasteiger partial charge on any atom is 0.0752 e. The third-order valence-corrected chi connectivity index (χ3v) is 4.54. The van der Waals surface area contributed by atoms with Gasteiger partial charge in [-0.15, -0.1) is 0 Å². The summed E-state index contributed by atoms with van der Waals surface area (Å²) < 4.78 is 0. The highest BCUT2D eigenvalue weighted by Gasteiger charge is 2.18. The Kier molecular flexibility index (Phi) is 2.51. The Morgan fingerprint density at radius 3 is 2.62 bits per heavy atom. The van der Waals surface area contributed by atoms with Crippen molar-refractivity contribution in [3.05, 3.63) is 46.4 Å². The summed E-state index contributed by atoms with van der Waals surface area (Å²) in [6, 6.07) is 11.9. The molecule has 0 saturated heterocycles. The highest BCUT2D eigenvalue weighted by atomic mass is 35.5. The molecule has 0 spiro atoms. The summed E-state index contributed by atoms with van der Waals surface area (Å²) in [5.41, 5.74) is 2.12. The van der Waals surface area contributed by atoms with E-state index in [1.807, 2.05) is 30.3 Å². The minimum Gasteiger partial charge on any atom is -0.354 e. The summed E-state index contributed by atoms with van der Waals surface area (Å²) in [4.78, 5) is 2.16. The van der Waals surface area contributed by atoms with Crippen molar-refractivity contribution >= 4 is 46.3 Å². The number of nitrogens with one attached hydrogen (secondary N) is 1. The zero-order valence-electron chi connectivity index (χ0n) is 8.13. The van der Waals surface area contributed by atoms with Crippen molar-refractivity contribution in [1.82, 2.24) is 0 Å². The van der Waals surface area contributed by atoms with Crippen LogP contribution < -0.4 is 5.32 Å². The smallest absolute Gasteiger partial charge is 0.0752 e. The van der Waals surface area contributed by atoms with Crippen LogP contribution in [0.2, 0.25) is 10.0 Å². The lowest BCUT2D eigenvalue weighted by Crippen LogP contribution is -1.99. The topological polar surface area (TPSA) is 12.0 Å². The first kappa shape index (κ1) is 10.3. The first-order valence-electron chi connectivity index (χ1n) is 4.77. The average Bonchev–Trinajstić information content (AvgIpc) is 2.32. The summed E-state index contributed by atoms with van der Waals surface area (Å²) in [5.74, 6) is 0. The molecular weight excluding hydrogens is 261 g/mol. The SMILES string of the molecule is Clc1ccc2c(c1Cl)Sc1ccccc1N2. The molecule has 1 N–H and O–H groups in total. The van der Waals surface area contributed by atoms with Gasteiger partial charge < -0.3 is 5.32 Å². The van der Waals surface area contributed by atoms with Crippen molar-refractivity contribution in [3.8, 4) is 0 Å². The van der Waals surface area contributed by atoms with E-state index in [4.69, 9.17) is 23.2 Å². The fourth-order valence-corrected chi connectivity index (χ4v) is 3.16. The van der Waals surface area contributed by atoms with Gasteiger partial charge in [-0.3, -0.25) is 0 Å². The molecule has 1 aliphatic rings. The minimum atomic E-state index is 0.592. The monoisotopic (exact) mass is 267 g/mol. The molecular formula is C12H7Cl2NS. The van der Waals surface area contributed by atoms with Gasteiger partial charge in [0.05, 0.1) is 26.3 Å². The first-order chi connectivity index (χ1) is 7.75. The Morgan fingerprint density at radius 1 is 0.938 bits per heavy atom. The number of para-hydroxylation sites is 1. The maximum atomic E-state index is 6.18. The van der Waals surface area contributed by atoms with Crippen LogP contribution in [-0.2, 0) is 0 Å². The normalized spacial score (nSPS) is 12.6. The van der Waals surface area contributed by atoms with Gasteiger partial charge in [-0.1, -0.05) is 47.1 Å². The molecule has 1 heterocycles. The molecule has 0 bridgehead atoms. The van der Waals surface area contributed by atoms with Gasteiger partial charge in [0, 0.05) is 4.90 Å². The number of anilines is 2. The molecule has 0 aromatic heterocycles. The summed E-state index contributed by atoms with van der Waals surface area (Å²) in [7, 11) is 0. The molecule has 0 unspecified atom stereocenters. The quantitative estimate of drug-likeness (QED) is 0.601. The van der Waals surface area contributed by atoms with E-state index < -0.39 is 0 Å². The van der Waals surface area contributed by atoms with Crippen LogP contribution in [-0.4, -0.2) is 0 Å². The second-order valence-corrected chi connectivity index (χ2v) is 5.30. The molecule has 80 valence electrons. The van der Waals surface area contributed by atoms with Gasteiger partial charge >= 0.3 is 0 Å². The molecule has 16 heavy (non-hydrogen) atoms. The van der Waals surface area contributed by atoms with Gasteiger partial charge in [0.15, 0.2) is 0 Å². The van der Waals surface area contributed by atoms with Gasteiger partial charge in [-0.2, -0.15) is 0 Å². The van der Waals surface area contributed by atoms with Gasteiger partial charge in [0.2, 0.25) is 0 Å². The van der Waals surface area contributed by atoms with Crippen LogP contribution in [0.3, 0.4) is 0 Å². The lowest BCUT2D eigenvalue weighted by atomic mass is 10.2. The van der Waals surface area contributed by atoms with Crippen LogP contribution in [0.15, 0.2) is 46.2 Å². The number of hydrogen-bond donors (Lipinski definition) is 1. The molecule has 0 saturated carbocycles. The number of hydrogen-bond acceptors (Lipinski definition) is 2.